The summed E-state index contributed by atoms with van der Waals surface area (Å²) in [7, 11) is 0. The molecule has 1 atom stereocenters. The number of amides is 1. The molecule has 3 N–H and O–H groups in total. The third-order valence-corrected chi connectivity index (χ3v) is 3.63. The van der Waals surface area contributed by atoms with Crippen LogP contribution in [0.3, 0.4) is 0 Å². The molecule has 0 heterocycles. The van der Waals surface area contributed by atoms with Gasteiger partial charge in [0, 0.05) is 12.6 Å². The highest BCUT2D eigenvalue weighted by Gasteiger charge is 2.10. The van der Waals surface area contributed by atoms with Gasteiger partial charge in [-0.05, 0) is 43.5 Å². The van der Waals surface area contributed by atoms with Crippen molar-refractivity contribution in [2.45, 2.75) is 52.5 Å². The SMILES string of the molecule is CCCCC(CN)NC(=O)CCOc1ccc(C)c(C)c1.Cl. The van der Waals surface area contributed by atoms with Gasteiger partial charge in [0.2, 0.25) is 5.91 Å². The molecule has 5 heteroatoms. The molecule has 0 saturated carbocycles. The lowest BCUT2D eigenvalue weighted by Crippen LogP contribution is -2.40. The number of aryl methyl sites for hydroxylation is 2. The Bertz CT molecular complexity index is 452. The van der Waals surface area contributed by atoms with Crippen LogP contribution in [0.25, 0.3) is 0 Å². The molecule has 126 valence electrons. The fourth-order valence-electron chi connectivity index (χ4n) is 2.06. The number of carbonyl (C=O) groups is 1. The standard InChI is InChI=1S/C17H28N2O2.ClH/c1-4-5-6-15(12-18)19-17(20)9-10-21-16-8-7-13(2)14(3)11-16;/h7-8,11,15H,4-6,9-10,12,18H2,1-3H3,(H,19,20);1H. The zero-order valence-electron chi connectivity index (χ0n) is 13.9. The van der Waals surface area contributed by atoms with E-state index >= 15 is 0 Å². The number of carbonyl (C=O) groups excluding carboxylic acids is 1. The summed E-state index contributed by atoms with van der Waals surface area (Å²) in [4.78, 5) is 11.8. The minimum Gasteiger partial charge on any atom is -0.493 e. The number of benzene rings is 1. The first-order valence-corrected chi connectivity index (χ1v) is 7.76. The first-order valence-electron chi connectivity index (χ1n) is 7.76. The summed E-state index contributed by atoms with van der Waals surface area (Å²) in [5.74, 6) is 0.817. The van der Waals surface area contributed by atoms with E-state index in [4.69, 9.17) is 10.5 Å². The molecule has 0 radical (unpaired) electrons. The van der Waals surface area contributed by atoms with Crippen LogP contribution in [0.2, 0.25) is 0 Å². The van der Waals surface area contributed by atoms with Crippen molar-refractivity contribution in [3.8, 4) is 5.75 Å². The van der Waals surface area contributed by atoms with E-state index in [1.54, 1.807) is 0 Å². The van der Waals surface area contributed by atoms with Crippen LogP contribution in [0.1, 0.15) is 43.7 Å². The first kappa shape index (κ1) is 20.7. The van der Waals surface area contributed by atoms with Gasteiger partial charge in [-0.1, -0.05) is 25.8 Å². The lowest BCUT2D eigenvalue weighted by Gasteiger charge is -2.16. The Hall–Kier alpha value is -1.26. The lowest BCUT2D eigenvalue weighted by molar-refractivity contribution is -0.122. The van der Waals surface area contributed by atoms with Crippen LogP contribution in [-0.2, 0) is 4.79 Å². The highest BCUT2D eigenvalue weighted by molar-refractivity contribution is 5.85. The van der Waals surface area contributed by atoms with Gasteiger partial charge in [0.25, 0.3) is 0 Å². The highest BCUT2D eigenvalue weighted by Crippen LogP contribution is 2.16. The summed E-state index contributed by atoms with van der Waals surface area (Å²) in [6.45, 7) is 7.13. The fraction of sp³-hybridized carbons (Fsp3) is 0.588. The minimum atomic E-state index is 0. The number of nitrogens with one attached hydrogen (secondary N) is 1. The number of halogens is 1. The molecular weight excluding hydrogens is 300 g/mol. The van der Waals surface area contributed by atoms with E-state index in [0.29, 0.717) is 19.6 Å². The van der Waals surface area contributed by atoms with Gasteiger partial charge in [-0.3, -0.25) is 4.79 Å². The summed E-state index contributed by atoms with van der Waals surface area (Å²) in [6.07, 6.45) is 3.50. The van der Waals surface area contributed by atoms with Gasteiger partial charge in [-0.15, -0.1) is 12.4 Å². The van der Waals surface area contributed by atoms with Crippen molar-refractivity contribution in [1.29, 1.82) is 0 Å². The second kappa shape index (κ2) is 11.3. The average Bonchev–Trinajstić information content (AvgIpc) is 2.47. The number of hydrogen-bond acceptors (Lipinski definition) is 3. The monoisotopic (exact) mass is 328 g/mol. The molecule has 0 spiro atoms. The maximum Gasteiger partial charge on any atom is 0.223 e. The van der Waals surface area contributed by atoms with Crippen LogP contribution in [-0.4, -0.2) is 25.1 Å². The first-order chi connectivity index (χ1) is 10.1. The summed E-state index contributed by atoms with van der Waals surface area (Å²) in [6, 6.07) is 6.04. The Labute approximate surface area is 140 Å². The maximum absolute atomic E-state index is 11.8. The highest BCUT2D eigenvalue weighted by atomic mass is 35.5. The van der Waals surface area contributed by atoms with Crippen molar-refractivity contribution in [3.63, 3.8) is 0 Å². The Morgan fingerprint density at radius 3 is 2.64 bits per heavy atom. The van der Waals surface area contributed by atoms with Crippen molar-refractivity contribution in [3.05, 3.63) is 29.3 Å². The molecule has 0 aliphatic heterocycles. The Morgan fingerprint density at radius 2 is 2.05 bits per heavy atom. The van der Waals surface area contributed by atoms with E-state index < -0.39 is 0 Å². The van der Waals surface area contributed by atoms with Crippen LogP contribution in [0.15, 0.2) is 18.2 Å². The molecule has 0 aromatic heterocycles. The molecule has 4 nitrogen and oxygen atoms in total. The van der Waals surface area contributed by atoms with Gasteiger partial charge in [-0.2, -0.15) is 0 Å². The van der Waals surface area contributed by atoms with E-state index in [1.807, 2.05) is 18.2 Å². The van der Waals surface area contributed by atoms with Gasteiger partial charge in [-0.25, -0.2) is 0 Å². The van der Waals surface area contributed by atoms with Crippen LogP contribution < -0.4 is 15.8 Å². The Kier molecular flexibility index (Phi) is 10.7. The number of unbranched alkanes of at least 4 members (excludes halogenated alkanes) is 1. The molecule has 22 heavy (non-hydrogen) atoms. The third kappa shape index (κ3) is 7.66. The van der Waals surface area contributed by atoms with Gasteiger partial charge in [0.05, 0.1) is 13.0 Å². The molecule has 1 amide bonds. The van der Waals surface area contributed by atoms with E-state index in [-0.39, 0.29) is 24.4 Å². The van der Waals surface area contributed by atoms with Gasteiger partial charge in [0.15, 0.2) is 0 Å². The number of nitrogens with two attached hydrogens (primary N) is 1. The van der Waals surface area contributed by atoms with E-state index in [9.17, 15) is 4.79 Å². The molecule has 0 saturated heterocycles. The molecule has 0 aliphatic carbocycles. The van der Waals surface area contributed by atoms with Crippen molar-refractivity contribution < 1.29 is 9.53 Å². The average molecular weight is 329 g/mol. The third-order valence-electron chi connectivity index (χ3n) is 3.63. The maximum atomic E-state index is 11.8. The summed E-state index contributed by atoms with van der Waals surface area (Å²) in [5.41, 5.74) is 8.10. The van der Waals surface area contributed by atoms with Crippen molar-refractivity contribution in [2.75, 3.05) is 13.2 Å². The zero-order chi connectivity index (χ0) is 15.7. The van der Waals surface area contributed by atoms with E-state index in [2.05, 4.69) is 26.1 Å². The van der Waals surface area contributed by atoms with Crippen molar-refractivity contribution in [1.82, 2.24) is 5.32 Å². The Balaban J connectivity index is 0.00000441. The molecule has 1 aromatic rings. The second-order valence-corrected chi connectivity index (χ2v) is 5.49. The second-order valence-electron chi connectivity index (χ2n) is 5.49. The minimum absolute atomic E-state index is 0. The van der Waals surface area contributed by atoms with E-state index in [1.165, 1.54) is 11.1 Å². The molecular formula is C17H29ClN2O2. The number of ether oxygens (including phenoxy) is 1. The normalized spacial score (nSPS) is 11.5. The zero-order valence-corrected chi connectivity index (χ0v) is 14.7. The van der Waals surface area contributed by atoms with Crippen LogP contribution in [0.4, 0.5) is 0 Å². The van der Waals surface area contributed by atoms with Crippen LogP contribution >= 0.6 is 12.4 Å². The Morgan fingerprint density at radius 1 is 1.32 bits per heavy atom. The topological polar surface area (TPSA) is 64.3 Å². The molecule has 0 aliphatic rings. The summed E-state index contributed by atoms with van der Waals surface area (Å²) in [5, 5.41) is 2.96. The number of rotatable bonds is 9. The number of hydrogen-bond donors (Lipinski definition) is 2. The van der Waals surface area contributed by atoms with Gasteiger partial charge in [0.1, 0.15) is 5.75 Å². The quantitative estimate of drug-likeness (QED) is 0.732. The predicted molar refractivity (Wildman–Crippen MR) is 93.8 cm³/mol. The van der Waals surface area contributed by atoms with E-state index in [0.717, 1.165) is 25.0 Å². The summed E-state index contributed by atoms with van der Waals surface area (Å²) >= 11 is 0. The van der Waals surface area contributed by atoms with Crippen molar-refractivity contribution >= 4 is 18.3 Å². The van der Waals surface area contributed by atoms with Crippen LogP contribution in [0, 0.1) is 13.8 Å². The smallest absolute Gasteiger partial charge is 0.223 e. The molecule has 1 unspecified atom stereocenters. The van der Waals surface area contributed by atoms with Crippen LogP contribution in [0.5, 0.6) is 5.75 Å². The van der Waals surface area contributed by atoms with Gasteiger partial charge < -0.3 is 15.8 Å². The lowest BCUT2D eigenvalue weighted by atomic mass is 10.1. The molecule has 0 fully saturated rings. The summed E-state index contributed by atoms with van der Waals surface area (Å²) < 4.78 is 5.62. The predicted octanol–water partition coefficient (Wildman–Crippen LogP) is 3.13. The molecule has 1 aromatic carbocycles. The largest absolute Gasteiger partial charge is 0.493 e. The van der Waals surface area contributed by atoms with Crippen molar-refractivity contribution in [2.24, 2.45) is 5.73 Å². The fourth-order valence-corrected chi connectivity index (χ4v) is 2.06. The molecule has 1 rings (SSSR count). The van der Waals surface area contributed by atoms with Gasteiger partial charge >= 0.3 is 0 Å². The molecule has 0 bridgehead atoms.